The largest absolute Gasteiger partial charge is 0.208 e. The Balaban J connectivity index is 1.18. The second kappa shape index (κ2) is 14.8. The van der Waals surface area contributed by atoms with Gasteiger partial charge in [-0.2, -0.15) is 0 Å². The van der Waals surface area contributed by atoms with Gasteiger partial charge in [0.05, 0.1) is 0 Å². The highest BCUT2D eigenvalue weighted by molar-refractivity contribution is 5.87. The van der Waals surface area contributed by atoms with E-state index in [1.807, 2.05) is 12.1 Å². The van der Waals surface area contributed by atoms with E-state index in [4.69, 9.17) is 15.0 Å². The molecule has 0 bridgehead atoms. The van der Waals surface area contributed by atoms with Crippen LogP contribution in [0.1, 0.15) is 0 Å². The van der Waals surface area contributed by atoms with Crippen molar-refractivity contribution in [2.24, 2.45) is 0 Å². The molecule has 0 atom stereocenters. The van der Waals surface area contributed by atoms with Gasteiger partial charge in [-0.1, -0.05) is 194 Å². The molecule has 0 radical (unpaired) electrons. The van der Waals surface area contributed by atoms with Crippen LogP contribution in [0.4, 0.5) is 0 Å². The van der Waals surface area contributed by atoms with Crippen molar-refractivity contribution in [1.29, 1.82) is 0 Å². The van der Waals surface area contributed by atoms with Crippen LogP contribution in [-0.4, -0.2) is 15.0 Å². The fourth-order valence-electron chi connectivity index (χ4n) is 6.96. The third kappa shape index (κ3) is 6.87. The fourth-order valence-corrected chi connectivity index (χ4v) is 6.96. The lowest BCUT2D eigenvalue weighted by molar-refractivity contribution is 1.07. The lowest BCUT2D eigenvalue weighted by Gasteiger charge is -2.14. The Hall–Kier alpha value is -7.23. The van der Waals surface area contributed by atoms with Gasteiger partial charge in [-0.15, -0.1) is 0 Å². The first-order chi connectivity index (χ1) is 26.7. The van der Waals surface area contributed by atoms with E-state index < -0.39 is 0 Å². The highest BCUT2D eigenvalue weighted by Crippen LogP contribution is 2.36. The summed E-state index contributed by atoms with van der Waals surface area (Å²) >= 11 is 0. The van der Waals surface area contributed by atoms with Gasteiger partial charge in [0, 0.05) is 16.7 Å². The van der Waals surface area contributed by atoms with E-state index in [2.05, 4.69) is 200 Å². The monoisotopic (exact) mass is 689 g/mol. The lowest BCUT2D eigenvalue weighted by Crippen LogP contribution is -2.01. The van der Waals surface area contributed by atoms with Gasteiger partial charge < -0.3 is 0 Å². The number of aromatic nitrogens is 3. The zero-order valence-electron chi connectivity index (χ0n) is 29.5. The molecule has 0 saturated heterocycles. The average Bonchev–Trinajstić information content (AvgIpc) is 3.27. The standard InChI is InChI=1S/C51H35N3/c1-5-15-36(16-6-1)38-27-29-41(30-28-38)49-52-50(45-26-14-25-44(34-45)43-24-13-23-42(33-43)37-17-7-2-8-18-37)54-51(53-49)46-31-32-47(39-19-9-3-10-20-39)48(35-46)40-21-11-4-12-22-40/h1-35H. The number of benzene rings is 8. The molecule has 0 amide bonds. The summed E-state index contributed by atoms with van der Waals surface area (Å²) in [7, 11) is 0. The molecule has 1 heterocycles. The predicted octanol–water partition coefficient (Wildman–Crippen LogP) is 13.2. The third-order valence-electron chi connectivity index (χ3n) is 9.76. The first-order valence-electron chi connectivity index (χ1n) is 18.2. The highest BCUT2D eigenvalue weighted by atomic mass is 15.0. The highest BCUT2D eigenvalue weighted by Gasteiger charge is 2.16. The zero-order valence-corrected chi connectivity index (χ0v) is 29.5. The fraction of sp³-hybridized carbons (Fsp3) is 0. The summed E-state index contributed by atoms with van der Waals surface area (Å²) in [4.78, 5) is 15.4. The van der Waals surface area contributed by atoms with Gasteiger partial charge >= 0.3 is 0 Å². The van der Waals surface area contributed by atoms with Crippen LogP contribution in [0.15, 0.2) is 212 Å². The number of rotatable bonds is 8. The van der Waals surface area contributed by atoms with Gasteiger partial charge in [0.15, 0.2) is 17.5 Å². The third-order valence-corrected chi connectivity index (χ3v) is 9.76. The van der Waals surface area contributed by atoms with E-state index in [-0.39, 0.29) is 0 Å². The minimum absolute atomic E-state index is 0.621. The zero-order chi connectivity index (χ0) is 36.1. The lowest BCUT2D eigenvalue weighted by atomic mass is 9.92. The molecule has 54 heavy (non-hydrogen) atoms. The topological polar surface area (TPSA) is 38.7 Å². The van der Waals surface area contributed by atoms with Gasteiger partial charge in [0.2, 0.25) is 0 Å². The minimum atomic E-state index is 0.621. The maximum absolute atomic E-state index is 5.18. The van der Waals surface area contributed by atoms with E-state index in [0.29, 0.717) is 17.5 Å². The average molecular weight is 690 g/mol. The molecule has 9 rings (SSSR count). The van der Waals surface area contributed by atoms with Crippen molar-refractivity contribution in [2.75, 3.05) is 0 Å². The summed E-state index contributed by atoms with van der Waals surface area (Å²) in [6, 6.07) is 74.1. The maximum Gasteiger partial charge on any atom is 0.164 e. The molecule has 0 saturated carbocycles. The van der Waals surface area contributed by atoms with E-state index >= 15 is 0 Å². The van der Waals surface area contributed by atoms with Gasteiger partial charge in [-0.05, 0) is 73.8 Å². The van der Waals surface area contributed by atoms with Crippen LogP contribution in [-0.2, 0) is 0 Å². The predicted molar refractivity (Wildman–Crippen MR) is 223 cm³/mol. The minimum Gasteiger partial charge on any atom is -0.208 e. The molecule has 0 spiro atoms. The van der Waals surface area contributed by atoms with Crippen molar-refractivity contribution in [3.05, 3.63) is 212 Å². The van der Waals surface area contributed by atoms with E-state index in [9.17, 15) is 0 Å². The van der Waals surface area contributed by atoms with Crippen LogP contribution >= 0.6 is 0 Å². The summed E-state index contributed by atoms with van der Waals surface area (Å²) in [6.07, 6.45) is 0. The molecule has 0 aliphatic heterocycles. The SMILES string of the molecule is c1ccc(-c2ccc(-c3nc(-c4cccc(-c5cccc(-c6ccccc6)c5)c4)nc(-c4ccc(-c5ccccc5)c(-c5ccccc5)c4)n3)cc2)cc1. The van der Waals surface area contributed by atoms with Gasteiger partial charge in [-0.25, -0.2) is 15.0 Å². The van der Waals surface area contributed by atoms with Gasteiger partial charge in [-0.3, -0.25) is 0 Å². The molecule has 1 aromatic heterocycles. The summed E-state index contributed by atoms with van der Waals surface area (Å²) in [5.41, 5.74) is 14.2. The van der Waals surface area contributed by atoms with Crippen molar-refractivity contribution >= 4 is 0 Å². The van der Waals surface area contributed by atoms with Crippen molar-refractivity contribution in [2.45, 2.75) is 0 Å². The van der Waals surface area contributed by atoms with Crippen LogP contribution in [0.2, 0.25) is 0 Å². The Kier molecular flexibility index (Phi) is 8.94. The Bertz CT molecular complexity index is 2670. The molecule has 0 N–H and O–H groups in total. The molecule has 0 aliphatic carbocycles. The van der Waals surface area contributed by atoms with Crippen molar-refractivity contribution in [1.82, 2.24) is 15.0 Å². The molecule has 0 aliphatic rings. The molecule has 0 fully saturated rings. The molecule has 9 aromatic rings. The Morgan fingerprint density at radius 3 is 1.04 bits per heavy atom. The van der Waals surface area contributed by atoms with Crippen LogP contribution < -0.4 is 0 Å². The first kappa shape index (κ1) is 32.7. The van der Waals surface area contributed by atoms with Crippen LogP contribution in [0.25, 0.3) is 89.8 Å². The quantitative estimate of drug-likeness (QED) is 0.159. The summed E-state index contributed by atoms with van der Waals surface area (Å²) in [5.74, 6) is 1.87. The van der Waals surface area contributed by atoms with Crippen molar-refractivity contribution in [3.8, 4) is 89.8 Å². The maximum atomic E-state index is 5.18. The van der Waals surface area contributed by atoms with E-state index in [1.54, 1.807) is 0 Å². The number of hydrogen-bond acceptors (Lipinski definition) is 3. The molecular weight excluding hydrogens is 655 g/mol. The number of nitrogens with zero attached hydrogens (tertiary/aromatic N) is 3. The van der Waals surface area contributed by atoms with Crippen LogP contribution in [0.3, 0.4) is 0 Å². The van der Waals surface area contributed by atoms with E-state index in [1.165, 1.54) is 16.7 Å². The first-order valence-corrected chi connectivity index (χ1v) is 18.2. The Morgan fingerprint density at radius 2 is 0.500 bits per heavy atom. The van der Waals surface area contributed by atoms with Crippen LogP contribution in [0.5, 0.6) is 0 Å². The molecule has 3 heteroatoms. The van der Waals surface area contributed by atoms with Gasteiger partial charge in [0.25, 0.3) is 0 Å². The van der Waals surface area contributed by atoms with Gasteiger partial charge in [0.1, 0.15) is 0 Å². The number of hydrogen-bond donors (Lipinski definition) is 0. The summed E-state index contributed by atoms with van der Waals surface area (Å²) in [5, 5.41) is 0. The normalized spacial score (nSPS) is 11.0. The second-order valence-corrected chi connectivity index (χ2v) is 13.3. The van der Waals surface area contributed by atoms with Crippen molar-refractivity contribution < 1.29 is 0 Å². The summed E-state index contributed by atoms with van der Waals surface area (Å²) < 4.78 is 0. The molecule has 254 valence electrons. The molecule has 3 nitrogen and oxygen atoms in total. The Morgan fingerprint density at radius 1 is 0.185 bits per heavy atom. The second-order valence-electron chi connectivity index (χ2n) is 13.3. The van der Waals surface area contributed by atoms with E-state index in [0.717, 1.165) is 55.6 Å². The molecule has 0 unspecified atom stereocenters. The van der Waals surface area contributed by atoms with Crippen molar-refractivity contribution in [3.63, 3.8) is 0 Å². The Labute approximate surface area is 316 Å². The van der Waals surface area contributed by atoms with Crippen LogP contribution in [0, 0.1) is 0 Å². The smallest absolute Gasteiger partial charge is 0.164 e. The molecular formula is C51H35N3. The summed E-state index contributed by atoms with van der Waals surface area (Å²) in [6.45, 7) is 0. The molecule has 8 aromatic carbocycles.